The first-order valence-electron chi connectivity index (χ1n) is 7.96. The lowest BCUT2D eigenvalue weighted by Crippen LogP contribution is -2.26. The monoisotopic (exact) mass is 465 g/mol. The second kappa shape index (κ2) is 9.91. The molecule has 0 aliphatic heterocycles. The molecule has 0 saturated heterocycles. The van der Waals surface area contributed by atoms with Gasteiger partial charge < -0.3 is 10.1 Å². The summed E-state index contributed by atoms with van der Waals surface area (Å²) in [4.78, 5) is 23.9. The summed E-state index contributed by atoms with van der Waals surface area (Å²) < 4.78 is 6.14. The van der Waals surface area contributed by atoms with Crippen molar-refractivity contribution in [1.29, 1.82) is 0 Å². The van der Waals surface area contributed by atoms with E-state index in [-0.39, 0.29) is 18.2 Å². The number of amides is 2. The molecule has 136 valence electrons. The summed E-state index contributed by atoms with van der Waals surface area (Å²) in [5.74, 6) is 0.303. The molecule has 0 bridgehead atoms. The molecule has 2 aromatic rings. The highest BCUT2D eigenvalue weighted by molar-refractivity contribution is 14.1. The van der Waals surface area contributed by atoms with Crippen LogP contribution in [0.5, 0.6) is 5.75 Å². The second-order valence-electron chi connectivity index (χ2n) is 5.60. The van der Waals surface area contributed by atoms with E-state index in [9.17, 15) is 9.59 Å². The van der Waals surface area contributed by atoms with E-state index in [0.717, 1.165) is 14.9 Å². The van der Waals surface area contributed by atoms with Crippen molar-refractivity contribution in [3.05, 3.63) is 63.2 Å². The molecule has 2 rings (SSSR count). The lowest BCUT2D eigenvalue weighted by Gasteiger charge is -2.07. The third-order valence-corrected chi connectivity index (χ3v) is 4.24. The molecule has 7 heteroatoms. The van der Waals surface area contributed by atoms with Crippen molar-refractivity contribution < 1.29 is 14.3 Å². The minimum atomic E-state index is -0.306. The number of hydrogen-bond acceptors (Lipinski definition) is 4. The number of benzene rings is 2. The van der Waals surface area contributed by atoms with Gasteiger partial charge in [-0.3, -0.25) is 9.59 Å². The number of hydrogen-bond donors (Lipinski definition) is 2. The number of carbonyl (C=O) groups is 2. The number of methoxy groups -OCH3 is 1. The van der Waals surface area contributed by atoms with Crippen molar-refractivity contribution >= 4 is 40.1 Å². The molecule has 0 radical (unpaired) electrons. The Balaban J connectivity index is 1.78. The van der Waals surface area contributed by atoms with Crippen LogP contribution < -0.4 is 15.5 Å². The molecule has 2 N–H and O–H groups in total. The van der Waals surface area contributed by atoms with E-state index in [1.807, 2.05) is 36.4 Å². The first-order valence-corrected chi connectivity index (χ1v) is 9.04. The number of carbonyl (C=O) groups excluding carboxylic acids is 2. The van der Waals surface area contributed by atoms with Crippen LogP contribution in [0.25, 0.3) is 0 Å². The van der Waals surface area contributed by atoms with Gasteiger partial charge in [-0.2, -0.15) is 5.10 Å². The van der Waals surface area contributed by atoms with E-state index >= 15 is 0 Å². The molecule has 0 aliphatic carbocycles. The van der Waals surface area contributed by atoms with Crippen LogP contribution >= 0.6 is 22.6 Å². The van der Waals surface area contributed by atoms with Crippen molar-refractivity contribution in [2.75, 3.05) is 7.11 Å². The highest BCUT2D eigenvalue weighted by Gasteiger charge is 2.07. The molecule has 2 amide bonds. The molecule has 6 nitrogen and oxygen atoms in total. The van der Waals surface area contributed by atoms with E-state index in [1.54, 1.807) is 26.2 Å². The molecule has 0 aromatic heterocycles. The van der Waals surface area contributed by atoms with E-state index in [1.165, 1.54) is 0 Å². The predicted molar refractivity (Wildman–Crippen MR) is 109 cm³/mol. The van der Waals surface area contributed by atoms with Crippen molar-refractivity contribution in [2.24, 2.45) is 5.10 Å². The molecule has 0 unspecified atom stereocenters. The number of nitrogens with zero attached hydrogens (tertiary/aromatic N) is 1. The lowest BCUT2D eigenvalue weighted by molar-refractivity contribution is -0.120. The first-order chi connectivity index (χ1) is 12.5. The zero-order chi connectivity index (χ0) is 18.9. The van der Waals surface area contributed by atoms with Gasteiger partial charge in [0.15, 0.2) is 0 Å². The van der Waals surface area contributed by atoms with E-state index in [2.05, 4.69) is 38.4 Å². The summed E-state index contributed by atoms with van der Waals surface area (Å²) in [5.41, 5.74) is 4.48. The topological polar surface area (TPSA) is 79.8 Å². The number of halogens is 1. The van der Waals surface area contributed by atoms with Gasteiger partial charge in [0.25, 0.3) is 5.91 Å². The molecule has 2 aromatic carbocycles. The maximum Gasteiger partial charge on any atom is 0.271 e. The quantitative estimate of drug-likeness (QED) is 0.375. The smallest absolute Gasteiger partial charge is 0.271 e. The zero-order valence-corrected chi connectivity index (χ0v) is 16.7. The predicted octanol–water partition coefficient (Wildman–Crippen LogP) is 3.11. The fourth-order valence-electron chi connectivity index (χ4n) is 2.09. The molecular formula is C19H20IN3O3. The van der Waals surface area contributed by atoms with Crippen LogP contribution in [0.2, 0.25) is 0 Å². The van der Waals surface area contributed by atoms with Gasteiger partial charge in [0.05, 0.1) is 13.5 Å². The number of rotatable bonds is 7. The summed E-state index contributed by atoms with van der Waals surface area (Å²) >= 11 is 2.17. The number of hydrazone groups is 1. The van der Waals surface area contributed by atoms with Crippen molar-refractivity contribution in [3.63, 3.8) is 0 Å². The largest absolute Gasteiger partial charge is 0.497 e. The summed E-state index contributed by atoms with van der Waals surface area (Å²) in [6.07, 6.45) is 0.114. The van der Waals surface area contributed by atoms with Crippen molar-refractivity contribution in [3.8, 4) is 5.75 Å². The Kier molecular flexibility index (Phi) is 7.58. The van der Waals surface area contributed by atoms with Crippen LogP contribution in [0, 0.1) is 3.57 Å². The van der Waals surface area contributed by atoms with E-state index in [0.29, 0.717) is 17.8 Å². The molecule has 0 heterocycles. The van der Waals surface area contributed by atoms with Crippen LogP contribution in [-0.2, 0) is 11.3 Å². The van der Waals surface area contributed by atoms with Gasteiger partial charge in [0.1, 0.15) is 5.75 Å². The maximum absolute atomic E-state index is 12.0. The van der Waals surface area contributed by atoms with Gasteiger partial charge in [0.2, 0.25) is 5.91 Å². The third-order valence-electron chi connectivity index (χ3n) is 3.52. The normalized spacial score (nSPS) is 11.0. The van der Waals surface area contributed by atoms with Gasteiger partial charge in [0, 0.05) is 21.4 Å². The Morgan fingerprint density at radius 2 is 1.73 bits per heavy atom. The minimum Gasteiger partial charge on any atom is -0.497 e. The molecular weight excluding hydrogens is 445 g/mol. The average Bonchev–Trinajstić information content (AvgIpc) is 2.65. The van der Waals surface area contributed by atoms with Gasteiger partial charge in [-0.15, -0.1) is 0 Å². The minimum absolute atomic E-state index is 0.114. The van der Waals surface area contributed by atoms with E-state index < -0.39 is 0 Å². The molecule has 0 atom stereocenters. The third kappa shape index (κ3) is 6.47. The van der Waals surface area contributed by atoms with Crippen LogP contribution in [0.4, 0.5) is 0 Å². The second-order valence-corrected chi connectivity index (χ2v) is 6.84. The van der Waals surface area contributed by atoms with Gasteiger partial charge >= 0.3 is 0 Å². The number of ether oxygens (including phenoxy) is 1. The Morgan fingerprint density at radius 1 is 1.08 bits per heavy atom. The Labute approximate surface area is 166 Å². The maximum atomic E-state index is 12.0. The molecule has 0 spiro atoms. The SMILES string of the molecule is COc1ccc(CNC(=O)CC(C)=NNC(=O)c2ccc(I)cc2)cc1. The molecule has 0 aliphatic rings. The Hall–Kier alpha value is -2.42. The van der Waals surface area contributed by atoms with Crippen LogP contribution in [0.1, 0.15) is 29.3 Å². The van der Waals surface area contributed by atoms with Crippen LogP contribution in [0.3, 0.4) is 0 Å². The van der Waals surface area contributed by atoms with E-state index in [4.69, 9.17) is 4.74 Å². The van der Waals surface area contributed by atoms with Crippen LogP contribution in [-0.4, -0.2) is 24.6 Å². The fourth-order valence-corrected chi connectivity index (χ4v) is 2.45. The van der Waals surface area contributed by atoms with Gasteiger partial charge in [-0.25, -0.2) is 5.43 Å². The zero-order valence-electron chi connectivity index (χ0n) is 14.6. The summed E-state index contributed by atoms with van der Waals surface area (Å²) in [6.45, 7) is 2.12. The average molecular weight is 465 g/mol. The first kappa shape index (κ1) is 19.9. The highest BCUT2D eigenvalue weighted by atomic mass is 127. The van der Waals surface area contributed by atoms with Gasteiger partial charge in [-0.1, -0.05) is 12.1 Å². The van der Waals surface area contributed by atoms with Gasteiger partial charge in [-0.05, 0) is 71.5 Å². The number of nitrogens with one attached hydrogen (secondary N) is 2. The lowest BCUT2D eigenvalue weighted by atomic mass is 10.2. The standard InChI is InChI=1S/C19H20IN3O3/c1-13(22-23-19(25)15-5-7-16(20)8-6-15)11-18(24)21-12-14-3-9-17(26-2)10-4-14/h3-10H,11-12H2,1-2H3,(H,21,24)(H,23,25). The Morgan fingerprint density at radius 3 is 2.35 bits per heavy atom. The fraction of sp³-hybridized carbons (Fsp3) is 0.211. The van der Waals surface area contributed by atoms with Crippen LogP contribution in [0.15, 0.2) is 53.6 Å². The molecule has 26 heavy (non-hydrogen) atoms. The summed E-state index contributed by atoms with van der Waals surface area (Å²) in [7, 11) is 1.61. The molecule has 0 fully saturated rings. The summed E-state index contributed by atoms with van der Waals surface area (Å²) in [5, 5.41) is 6.80. The molecule has 0 saturated carbocycles. The Bertz CT molecular complexity index is 787. The highest BCUT2D eigenvalue weighted by Crippen LogP contribution is 2.11. The van der Waals surface area contributed by atoms with Crippen molar-refractivity contribution in [2.45, 2.75) is 19.9 Å². The van der Waals surface area contributed by atoms with Crippen molar-refractivity contribution in [1.82, 2.24) is 10.7 Å². The summed E-state index contributed by atoms with van der Waals surface area (Å²) in [6, 6.07) is 14.6.